The predicted molar refractivity (Wildman–Crippen MR) is 120 cm³/mol. The van der Waals surface area contributed by atoms with Crippen LogP contribution in [0.2, 0.25) is 0 Å². The Kier molecular flexibility index (Phi) is 7.84. The second kappa shape index (κ2) is 10.6. The number of aromatic nitrogens is 2. The van der Waals surface area contributed by atoms with Crippen LogP contribution in [0, 0.1) is 6.92 Å². The third-order valence-electron chi connectivity index (χ3n) is 5.17. The molecule has 1 saturated heterocycles. The van der Waals surface area contributed by atoms with E-state index in [0.717, 1.165) is 24.2 Å². The first-order valence-corrected chi connectivity index (χ1v) is 11.1. The van der Waals surface area contributed by atoms with Crippen molar-refractivity contribution in [2.75, 3.05) is 32.7 Å². The molecule has 1 aromatic carbocycles. The molecular formula is C23H33N5O4. The van der Waals surface area contributed by atoms with Crippen LogP contribution in [-0.2, 0) is 16.1 Å². The molecule has 174 valence electrons. The van der Waals surface area contributed by atoms with Crippen molar-refractivity contribution < 1.29 is 18.8 Å². The summed E-state index contributed by atoms with van der Waals surface area (Å²) in [5, 5.41) is 6.80. The van der Waals surface area contributed by atoms with Crippen LogP contribution >= 0.6 is 0 Å². The molecule has 2 amide bonds. The highest BCUT2D eigenvalue weighted by molar-refractivity contribution is 5.76. The molecule has 1 N–H and O–H groups in total. The van der Waals surface area contributed by atoms with Gasteiger partial charge in [-0.2, -0.15) is 4.98 Å². The van der Waals surface area contributed by atoms with Crippen molar-refractivity contribution in [2.24, 2.45) is 0 Å². The fraction of sp³-hybridized carbons (Fsp3) is 0.565. The first-order valence-electron chi connectivity index (χ1n) is 11.1. The zero-order chi connectivity index (χ0) is 23.1. The van der Waals surface area contributed by atoms with Gasteiger partial charge in [-0.25, -0.2) is 4.79 Å². The SMILES string of the molecule is Cc1ccccc1-c1noc(CN2CCN(C(=O)CCCNC(=O)OC(C)(C)C)CC2)n1. The molecule has 1 aliphatic heterocycles. The van der Waals surface area contributed by atoms with E-state index in [1.54, 1.807) is 0 Å². The molecule has 3 rings (SSSR count). The molecule has 1 aromatic heterocycles. The summed E-state index contributed by atoms with van der Waals surface area (Å²) >= 11 is 0. The fourth-order valence-electron chi connectivity index (χ4n) is 3.50. The number of piperazine rings is 1. The number of aryl methyl sites for hydroxylation is 1. The van der Waals surface area contributed by atoms with Crippen LogP contribution in [0.4, 0.5) is 4.79 Å². The van der Waals surface area contributed by atoms with Crippen molar-refractivity contribution in [1.29, 1.82) is 0 Å². The average molecular weight is 444 g/mol. The third kappa shape index (κ3) is 7.05. The molecule has 0 radical (unpaired) electrons. The van der Waals surface area contributed by atoms with Crippen molar-refractivity contribution >= 4 is 12.0 Å². The van der Waals surface area contributed by atoms with Gasteiger partial charge in [0.05, 0.1) is 6.54 Å². The van der Waals surface area contributed by atoms with Crippen molar-refractivity contribution in [3.8, 4) is 11.4 Å². The number of ether oxygens (including phenoxy) is 1. The van der Waals surface area contributed by atoms with Crippen LogP contribution in [0.15, 0.2) is 28.8 Å². The Morgan fingerprint density at radius 1 is 1.16 bits per heavy atom. The molecule has 32 heavy (non-hydrogen) atoms. The number of carbonyl (C=O) groups is 2. The third-order valence-corrected chi connectivity index (χ3v) is 5.17. The lowest BCUT2D eigenvalue weighted by Gasteiger charge is -2.34. The molecule has 0 atom stereocenters. The van der Waals surface area contributed by atoms with Crippen LogP contribution in [0.5, 0.6) is 0 Å². The maximum Gasteiger partial charge on any atom is 0.407 e. The number of carbonyl (C=O) groups excluding carboxylic acids is 2. The normalized spacial score (nSPS) is 14.9. The fourth-order valence-corrected chi connectivity index (χ4v) is 3.50. The topological polar surface area (TPSA) is 101 Å². The highest BCUT2D eigenvalue weighted by atomic mass is 16.6. The Balaban J connectivity index is 1.37. The van der Waals surface area contributed by atoms with Gasteiger partial charge in [0, 0.05) is 44.7 Å². The quantitative estimate of drug-likeness (QED) is 0.657. The lowest BCUT2D eigenvalue weighted by molar-refractivity contribution is -0.133. The maximum absolute atomic E-state index is 12.5. The summed E-state index contributed by atoms with van der Waals surface area (Å²) in [6, 6.07) is 7.95. The van der Waals surface area contributed by atoms with Crippen molar-refractivity contribution in [2.45, 2.75) is 52.7 Å². The Morgan fingerprint density at radius 2 is 1.88 bits per heavy atom. The predicted octanol–water partition coefficient (Wildman–Crippen LogP) is 2.99. The number of hydrogen-bond donors (Lipinski definition) is 1. The summed E-state index contributed by atoms with van der Waals surface area (Å²) in [6.07, 6.45) is 0.534. The van der Waals surface area contributed by atoms with Gasteiger partial charge in [-0.05, 0) is 39.7 Å². The highest BCUT2D eigenvalue weighted by Crippen LogP contribution is 2.20. The van der Waals surface area contributed by atoms with Crippen molar-refractivity contribution in [3.63, 3.8) is 0 Å². The van der Waals surface area contributed by atoms with Crippen LogP contribution in [0.3, 0.4) is 0 Å². The van der Waals surface area contributed by atoms with E-state index in [9.17, 15) is 9.59 Å². The minimum absolute atomic E-state index is 0.107. The van der Waals surface area contributed by atoms with Crippen LogP contribution in [0.25, 0.3) is 11.4 Å². The second-order valence-electron chi connectivity index (χ2n) is 9.02. The summed E-state index contributed by atoms with van der Waals surface area (Å²) in [5.41, 5.74) is 1.55. The smallest absolute Gasteiger partial charge is 0.407 e. The van der Waals surface area contributed by atoms with E-state index in [1.165, 1.54) is 0 Å². The maximum atomic E-state index is 12.5. The van der Waals surface area contributed by atoms with E-state index in [0.29, 0.717) is 50.7 Å². The Hall–Kier alpha value is -2.94. The molecule has 0 saturated carbocycles. The lowest BCUT2D eigenvalue weighted by atomic mass is 10.1. The van der Waals surface area contributed by atoms with Gasteiger partial charge in [0.15, 0.2) is 0 Å². The summed E-state index contributed by atoms with van der Waals surface area (Å²) in [5.74, 6) is 1.29. The number of nitrogens with one attached hydrogen (secondary N) is 1. The number of benzene rings is 1. The molecule has 1 fully saturated rings. The number of hydrogen-bond acceptors (Lipinski definition) is 7. The molecule has 0 bridgehead atoms. The Labute approximate surface area is 189 Å². The van der Waals surface area contributed by atoms with Gasteiger partial charge in [0.25, 0.3) is 0 Å². The van der Waals surface area contributed by atoms with Crippen LogP contribution in [0.1, 0.15) is 45.1 Å². The summed E-state index contributed by atoms with van der Waals surface area (Å²) in [4.78, 5) is 32.7. The summed E-state index contributed by atoms with van der Waals surface area (Å²) < 4.78 is 10.6. The zero-order valence-corrected chi connectivity index (χ0v) is 19.4. The average Bonchev–Trinajstić information content (AvgIpc) is 3.19. The van der Waals surface area contributed by atoms with Gasteiger partial charge in [-0.1, -0.05) is 29.4 Å². The highest BCUT2D eigenvalue weighted by Gasteiger charge is 2.23. The van der Waals surface area contributed by atoms with E-state index in [-0.39, 0.29) is 5.91 Å². The van der Waals surface area contributed by atoms with E-state index in [1.807, 2.05) is 56.9 Å². The zero-order valence-electron chi connectivity index (χ0n) is 19.4. The first-order chi connectivity index (χ1) is 15.2. The number of rotatable bonds is 7. The van der Waals surface area contributed by atoms with Crippen molar-refractivity contribution in [1.82, 2.24) is 25.3 Å². The standard InChI is InChI=1S/C23H33N5O4/c1-17-8-5-6-9-18(17)21-25-19(32-26-21)16-27-12-14-28(15-13-27)20(29)10-7-11-24-22(30)31-23(2,3)4/h5-6,8-9H,7,10-16H2,1-4H3,(H,24,30). The number of alkyl carbamates (subject to hydrolysis) is 1. The molecule has 9 nitrogen and oxygen atoms in total. The van der Waals surface area contributed by atoms with Gasteiger partial charge in [0.2, 0.25) is 17.6 Å². The first kappa shape index (κ1) is 23.7. The van der Waals surface area contributed by atoms with Crippen molar-refractivity contribution in [3.05, 3.63) is 35.7 Å². The second-order valence-corrected chi connectivity index (χ2v) is 9.02. The van der Waals surface area contributed by atoms with E-state index >= 15 is 0 Å². The minimum atomic E-state index is -0.525. The molecule has 1 aliphatic rings. The molecular weight excluding hydrogens is 410 g/mol. The molecule has 2 aromatic rings. The van der Waals surface area contributed by atoms with Gasteiger partial charge >= 0.3 is 6.09 Å². The number of amides is 2. The van der Waals surface area contributed by atoms with E-state index in [4.69, 9.17) is 9.26 Å². The Morgan fingerprint density at radius 3 is 2.56 bits per heavy atom. The van der Waals surface area contributed by atoms with Gasteiger partial charge in [-0.15, -0.1) is 0 Å². The Bertz CT molecular complexity index is 913. The monoisotopic (exact) mass is 443 g/mol. The number of nitrogens with zero attached hydrogens (tertiary/aromatic N) is 4. The van der Waals surface area contributed by atoms with Gasteiger partial charge in [0.1, 0.15) is 5.60 Å². The molecule has 0 aliphatic carbocycles. The summed E-state index contributed by atoms with van der Waals surface area (Å²) in [7, 11) is 0. The summed E-state index contributed by atoms with van der Waals surface area (Å²) in [6.45, 7) is 11.3. The van der Waals surface area contributed by atoms with Gasteiger partial charge < -0.3 is 19.5 Å². The lowest BCUT2D eigenvalue weighted by Crippen LogP contribution is -2.48. The molecule has 0 spiro atoms. The minimum Gasteiger partial charge on any atom is -0.444 e. The van der Waals surface area contributed by atoms with Gasteiger partial charge in [-0.3, -0.25) is 9.69 Å². The molecule has 9 heteroatoms. The molecule has 0 unspecified atom stereocenters. The van der Waals surface area contributed by atoms with E-state index < -0.39 is 11.7 Å². The van der Waals surface area contributed by atoms with E-state index in [2.05, 4.69) is 20.4 Å². The van der Waals surface area contributed by atoms with Crippen LogP contribution in [-0.4, -0.2) is 70.3 Å². The largest absolute Gasteiger partial charge is 0.444 e. The molecule has 2 heterocycles. The van der Waals surface area contributed by atoms with Crippen LogP contribution < -0.4 is 5.32 Å².